The molecule has 0 radical (unpaired) electrons. The smallest absolute Gasteiger partial charge is 0.255 e. The third-order valence-corrected chi connectivity index (χ3v) is 4.04. The van der Waals surface area contributed by atoms with Gasteiger partial charge in [0.1, 0.15) is 0 Å². The van der Waals surface area contributed by atoms with E-state index in [0.29, 0.717) is 29.6 Å². The van der Waals surface area contributed by atoms with Crippen LogP contribution in [0.15, 0.2) is 12.1 Å². The van der Waals surface area contributed by atoms with E-state index in [2.05, 4.69) is 17.3 Å². The molecule has 0 aliphatic carbocycles. The molecule has 5 nitrogen and oxygen atoms in total. The van der Waals surface area contributed by atoms with E-state index in [1.54, 1.807) is 14.2 Å². The lowest BCUT2D eigenvalue weighted by Gasteiger charge is -2.20. The molecule has 1 amide bonds. The highest BCUT2D eigenvalue weighted by Gasteiger charge is 2.23. The normalized spacial score (nSPS) is 18.6. The average molecular weight is 292 g/mol. The molecule has 1 fully saturated rings. The molecule has 2 rings (SSSR count). The van der Waals surface area contributed by atoms with Crippen LogP contribution < -0.4 is 14.8 Å². The van der Waals surface area contributed by atoms with Gasteiger partial charge in [0.2, 0.25) is 0 Å². The molecule has 1 aliphatic heterocycles. The van der Waals surface area contributed by atoms with Crippen LogP contribution in [0.1, 0.15) is 28.8 Å². The topological polar surface area (TPSA) is 50.8 Å². The first-order valence-electron chi connectivity index (χ1n) is 7.28. The number of likely N-dealkylation sites (N-methyl/N-ethyl adjacent to an activating group) is 1. The minimum atomic E-state index is -0.117. The van der Waals surface area contributed by atoms with Crippen LogP contribution in [-0.2, 0) is 0 Å². The Morgan fingerprint density at radius 3 is 2.71 bits per heavy atom. The molecule has 1 saturated heterocycles. The van der Waals surface area contributed by atoms with E-state index in [0.717, 1.165) is 18.5 Å². The van der Waals surface area contributed by atoms with Crippen LogP contribution in [-0.4, -0.2) is 51.2 Å². The molecule has 0 bridgehead atoms. The Morgan fingerprint density at radius 2 is 2.14 bits per heavy atom. The van der Waals surface area contributed by atoms with Crippen molar-refractivity contribution in [3.05, 3.63) is 23.3 Å². The molecule has 1 aromatic rings. The predicted molar refractivity (Wildman–Crippen MR) is 82.3 cm³/mol. The number of hydrogen-bond acceptors (Lipinski definition) is 4. The molecule has 1 aliphatic rings. The lowest BCUT2D eigenvalue weighted by atomic mass is 10.1. The van der Waals surface area contributed by atoms with Crippen molar-refractivity contribution in [2.75, 3.05) is 34.4 Å². The average Bonchev–Trinajstić information content (AvgIpc) is 2.89. The summed E-state index contributed by atoms with van der Waals surface area (Å²) in [6, 6.07) is 4.11. The van der Waals surface area contributed by atoms with Gasteiger partial charge in [-0.05, 0) is 51.1 Å². The second-order valence-corrected chi connectivity index (χ2v) is 5.53. The van der Waals surface area contributed by atoms with E-state index < -0.39 is 0 Å². The van der Waals surface area contributed by atoms with Gasteiger partial charge in [-0.3, -0.25) is 4.79 Å². The van der Waals surface area contributed by atoms with Crippen molar-refractivity contribution >= 4 is 5.91 Å². The fraction of sp³-hybridized carbons (Fsp3) is 0.562. The lowest BCUT2D eigenvalue weighted by molar-refractivity contribution is 0.0940. The maximum atomic E-state index is 12.4. The molecule has 21 heavy (non-hydrogen) atoms. The van der Waals surface area contributed by atoms with E-state index in [9.17, 15) is 4.79 Å². The highest BCUT2D eigenvalue weighted by molar-refractivity contribution is 5.98. The summed E-state index contributed by atoms with van der Waals surface area (Å²) in [4.78, 5) is 14.7. The second kappa shape index (κ2) is 6.80. The fourth-order valence-electron chi connectivity index (χ4n) is 2.81. The predicted octanol–water partition coefficient (Wildman–Crippen LogP) is 1.84. The number of nitrogens with one attached hydrogen (secondary N) is 1. The molecule has 116 valence electrons. The molecule has 0 spiro atoms. The number of methoxy groups -OCH3 is 2. The third-order valence-electron chi connectivity index (χ3n) is 4.04. The molecule has 1 atom stereocenters. The van der Waals surface area contributed by atoms with E-state index >= 15 is 0 Å². The molecule has 1 unspecified atom stereocenters. The van der Waals surface area contributed by atoms with Crippen molar-refractivity contribution in [1.29, 1.82) is 0 Å². The van der Waals surface area contributed by atoms with Crippen LogP contribution in [0, 0.1) is 6.92 Å². The maximum Gasteiger partial charge on any atom is 0.255 e. The van der Waals surface area contributed by atoms with E-state index in [-0.39, 0.29) is 5.91 Å². The van der Waals surface area contributed by atoms with Crippen molar-refractivity contribution in [2.45, 2.75) is 25.8 Å². The Morgan fingerprint density at radius 1 is 1.38 bits per heavy atom. The largest absolute Gasteiger partial charge is 0.493 e. The van der Waals surface area contributed by atoms with E-state index in [1.807, 2.05) is 19.1 Å². The first kappa shape index (κ1) is 15.6. The zero-order valence-electron chi connectivity index (χ0n) is 13.2. The lowest BCUT2D eigenvalue weighted by Crippen LogP contribution is -2.38. The molecule has 1 heterocycles. The van der Waals surface area contributed by atoms with E-state index in [4.69, 9.17) is 9.47 Å². The van der Waals surface area contributed by atoms with Crippen LogP contribution in [0.3, 0.4) is 0 Å². The fourth-order valence-corrected chi connectivity index (χ4v) is 2.81. The van der Waals surface area contributed by atoms with Gasteiger partial charge in [0, 0.05) is 12.6 Å². The Balaban J connectivity index is 2.12. The molecule has 1 aromatic carbocycles. The van der Waals surface area contributed by atoms with Crippen molar-refractivity contribution in [2.24, 2.45) is 0 Å². The molecule has 0 saturated carbocycles. The highest BCUT2D eigenvalue weighted by Crippen LogP contribution is 2.32. The summed E-state index contributed by atoms with van der Waals surface area (Å²) in [7, 11) is 5.22. The van der Waals surface area contributed by atoms with E-state index in [1.165, 1.54) is 6.42 Å². The molecular formula is C16H24N2O3. The number of benzene rings is 1. The number of carbonyl (C=O) groups is 1. The number of hydrogen-bond donors (Lipinski definition) is 1. The Hall–Kier alpha value is -1.75. The van der Waals surface area contributed by atoms with Gasteiger partial charge in [-0.15, -0.1) is 0 Å². The third kappa shape index (κ3) is 3.47. The number of carbonyl (C=O) groups excluding carboxylic acids is 1. The van der Waals surface area contributed by atoms with Gasteiger partial charge in [-0.2, -0.15) is 0 Å². The number of ether oxygens (including phenoxy) is 2. The molecular weight excluding hydrogens is 268 g/mol. The number of nitrogens with zero attached hydrogens (tertiary/aromatic N) is 1. The summed E-state index contributed by atoms with van der Waals surface area (Å²) >= 11 is 0. The summed E-state index contributed by atoms with van der Waals surface area (Å²) in [5.74, 6) is 0.954. The van der Waals surface area contributed by atoms with Gasteiger partial charge >= 0.3 is 0 Å². The standard InChI is InChI=1S/C16H24N2O3/c1-11-8-13(15(21-4)14(9-11)20-3)16(19)17-10-12-6-5-7-18(12)2/h8-9,12H,5-7,10H2,1-4H3,(H,17,19). The van der Waals surface area contributed by atoms with Gasteiger partial charge in [-0.25, -0.2) is 0 Å². The van der Waals surface area contributed by atoms with Crippen molar-refractivity contribution in [3.8, 4) is 11.5 Å². The van der Waals surface area contributed by atoms with Crippen LogP contribution in [0.5, 0.6) is 11.5 Å². The Kier molecular flexibility index (Phi) is 5.07. The van der Waals surface area contributed by atoms with Gasteiger partial charge in [0.15, 0.2) is 11.5 Å². The Labute approximate surface area is 126 Å². The van der Waals surface area contributed by atoms with Crippen molar-refractivity contribution < 1.29 is 14.3 Å². The summed E-state index contributed by atoms with van der Waals surface area (Å²) in [5, 5.41) is 3.01. The van der Waals surface area contributed by atoms with Gasteiger partial charge in [-0.1, -0.05) is 0 Å². The monoisotopic (exact) mass is 292 g/mol. The zero-order valence-corrected chi connectivity index (χ0v) is 13.2. The van der Waals surface area contributed by atoms with Gasteiger partial charge in [0.05, 0.1) is 19.8 Å². The SMILES string of the molecule is COc1cc(C)cc(C(=O)NCC2CCCN2C)c1OC. The first-order chi connectivity index (χ1) is 10.1. The summed E-state index contributed by atoms with van der Waals surface area (Å²) in [6.45, 7) is 3.69. The first-order valence-corrected chi connectivity index (χ1v) is 7.28. The second-order valence-electron chi connectivity index (χ2n) is 5.53. The molecule has 0 aromatic heterocycles. The number of likely N-dealkylation sites (tertiary alicyclic amines) is 1. The number of rotatable bonds is 5. The number of amides is 1. The highest BCUT2D eigenvalue weighted by atomic mass is 16.5. The zero-order chi connectivity index (χ0) is 15.4. The maximum absolute atomic E-state index is 12.4. The summed E-state index contributed by atoms with van der Waals surface area (Å²) in [6.07, 6.45) is 2.32. The number of aryl methyl sites for hydroxylation is 1. The van der Waals surface area contributed by atoms with Crippen LogP contribution in [0.4, 0.5) is 0 Å². The minimum absolute atomic E-state index is 0.117. The van der Waals surface area contributed by atoms with Crippen LogP contribution in [0.2, 0.25) is 0 Å². The van der Waals surface area contributed by atoms with Crippen LogP contribution in [0.25, 0.3) is 0 Å². The Bertz CT molecular complexity index is 516. The minimum Gasteiger partial charge on any atom is -0.493 e. The quantitative estimate of drug-likeness (QED) is 0.899. The van der Waals surface area contributed by atoms with Crippen molar-refractivity contribution in [1.82, 2.24) is 10.2 Å². The van der Waals surface area contributed by atoms with Gasteiger partial charge < -0.3 is 19.7 Å². The van der Waals surface area contributed by atoms with Crippen molar-refractivity contribution in [3.63, 3.8) is 0 Å². The summed E-state index contributed by atoms with van der Waals surface area (Å²) < 4.78 is 10.6. The van der Waals surface area contributed by atoms with Gasteiger partial charge in [0.25, 0.3) is 5.91 Å². The van der Waals surface area contributed by atoms with Crippen LogP contribution >= 0.6 is 0 Å². The molecule has 1 N–H and O–H groups in total. The molecule has 5 heteroatoms. The summed E-state index contributed by atoms with van der Waals surface area (Å²) in [5.41, 5.74) is 1.49.